The Balaban J connectivity index is 1.86. The van der Waals surface area contributed by atoms with Gasteiger partial charge >= 0.3 is 0 Å². The van der Waals surface area contributed by atoms with Gasteiger partial charge in [0.25, 0.3) is 0 Å². The highest BCUT2D eigenvalue weighted by Gasteiger charge is 2.15. The summed E-state index contributed by atoms with van der Waals surface area (Å²) in [6.07, 6.45) is 0.711. The summed E-state index contributed by atoms with van der Waals surface area (Å²) in [5.41, 5.74) is 1.97. The second-order valence-electron chi connectivity index (χ2n) is 6.13. The molecule has 2 aromatic rings. The normalized spacial score (nSPS) is 10.2. The molecule has 2 aromatic carbocycles. The van der Waals surface area contributed by atoms with Gasteiger partial charge in [0.1, 0.15) is 11.5 Å². The Morgan fingerprint density at radius 3 is 2.33 bits per heavy atom. The highest BCUT2D eigenvalue weighted by Crippen LogP contribution is 2.19. The summed E-state index contributed by atoms with van der Waals surface area (Å²) in [4.78, 5) is 25.7. The first-order valence-electron chi connectivity index (χ1n) is 8.80. The number of nitrogens with one attached hydrogen (secondary N) is 1. The lowest BCUT2D eigenvalue weighted by atomic mass is 10.1. The van der Waals surface area contributed by atoms with Crippen molar-refractivity contribution in [2.75, 3.05) is 27.3 Å². The number of hydrogen-bond acceptors (Lipinski definition) is 4. The zero-order valence-electron chi connectivity index (χ0n) is 16.0. The maximum absolute atomic E-state index is 12.2. The van der Waals surface area contributed by atoms with E-state index in [2.05, 4.69) is 5.32 Å². The van der Waals surface area contributed by atoms with Crippen LogP contribution in [0.15, 0.2) is 48.5 Å². The molecule has 0 fully saturated rings. The Labute approximate surface area is 160 Å². The molecule has 0 saturated heterocycles. The standard InChI is InChI=1S/C21H26N2O4/c1-16(24)23(14-18-6-4-5-7-20(18)27-3)15-21(25)22-13-12-17-8-10-19(26-2)11-9-17/h4-11H,12-15H2,1-3H3,(H,22,25). The van der Waals surface area contributed by atoms with Crippen LogP contribution < -0.4 is 14.8 Å². The second kappa shape index (κ2) is 10.2. The van der Waals surface area contributed by atoms with Gasteiger partial charge in [0.15, 0.2) is 0 Å². The topological polar surface area (TPSA) is 67.9 Å². The van der Waals surface area contributed by atoms with Crippen LogP contribution in [0.25, 0.3) is 0 Å². The molecule has 0 unspecified atom stereocenters. The summed E-state index contributed by atoms with van der Waals surface area (Å²) in [7, 11) is 3.21. The maximum atomic E-state index is 12.2. The smallest absolute Gasteiger partial charge is 0.239 e. The molecule has 0 saturated carbocycles. The van der Waals surface area contributed by atoms with Crippen LogP contribution in [0.4, 0.5) is 0 Å². The van der Waals surface area contributed by atoms with Gasteiger partial charge < -0.3 is 19.7 Å². The number of hydrogen-bond donors (Lipinski definition) is 1. The highest BCUT2D eigenvalue weighted by atomic mass is 16.5. The summed E-state index contributed by atoms with van der Waals surface area (Å²) in [6, 6.07) is 15.2. The zero-order chi connectivity index (χ0) is 19.6. The molecule has 1 N–H and O–H groups in total. The van der Waals surface area contributed by atoms with Gasteiger partial charge in [0, 0.05) is 25.6 Å². The van der Waals surface area contributed by atoms with Gasteiger partial charge in [0.2, 0.25) is 11.8 Å². The number of para-hydroxylation sites is 1. The van der Waals surface area contributed by atoms with Gasteiger partial charge in [-0.3, -0.25) is 9.59 Å². The maximum Gasteiger partial charge on any atom is 0.239 e. The fourth-order valence-electron chi connectivity index (χ4n) is 2.69. The van der Waals surface area contributed by atoms with Crippen LogP contribution in [0.1, 0.15) is 18.1 Å². The fraction of sp³-hybridized carbons (Fsp3) is 0.333. The van der Waals surface area contributed by atoms with E-state index in [4.69, 9.17) is 9.47 Å². The van der Waals surface area contributed by atoms with Crippen molar-refractivity contribution in [3.8, 4) is 11.5 Å². The minimum Gasteiger partial charge on any atom is -0.497 e. The lowest BCUT2D eigenvalue weighted by Crippen LogP contribution is -2.40. The van der Waals surface area contributed by atoms with Crippen LogP contribution in [0.5, 0.6) is 11.5 Å². The second-order valence-corrected chi connectivity index (χ2v) is 6.13. The largest absolute Gasteiger partial charge is 0.497 e. The van der Waals surface area contributed by atoms with Crippen LogP contribution in [-0.4, -0.2) is 44.0 Å². The molecule has 2 rings (SSSR count). The Morgan fingerprint density at radius 1 is 1.00 bits per heavy atom. The van der Waals surface area contributed by atoms with Crippen LogP contribution >= 0.6 is 0 Å². The molecular weight excluding hydrogens is 344 g/mol. The monoisotopic (exact) mass is 370 g/mol. The third-order valence-electron chi connectivity index (χ3n) is 4.23. The molecule has 0 aliphatic rings. The van der Waals surface area contributed by atoms with E-state index in [1.807, 2.05) is 48.5 Å². The van der Waals surface area contributed by atoms with E-state index in [1.165, 1.54) is 11.8 Å². The third-order valence-corrected chi connectivity index (χ3v) is 4.23. The van der Waals surface area contributed by atoms with Gasteiger partial charge in [0.05, 0.1) is 20.8 Å². The number of benzene rings is 2. The number of amides is 2. The molecule has 0 heterocycles. The summed E-state index contributed by atoms with van der Waals surface area (Å²) in [5.74, 6) is 1.15. The minimum atomic E-state index is -0.186. The van der Waals surface area contributed by atoms with Crippen LogP contribution in [-0.2, 0) is 22.6 Å². The lowest BCUT2D eigenvalue weighted by Gasteiger charge is -2.21. The Kier molecular flexibility index (Phi) is 7.67. The first-order chi connectivity index (χ1) is 13.0. The minimum absolute atomic E-state index is 0.00992. The number of ether oxygens (including phenoxy) is 2. The number of carbonyl (C=O) groups excluding carboxylic acids is 2. The first kappa shape index (κ1) is 20.3. The molecule has 0 aliphatic carbocycles. The Bertz CT molecular complexity index is 759. The Morgan fingerprint density at radius 2 is 1.70 bits per heavy atom. The number of nitrogens with zero attached hydrogens (tertiary/aromatic N) is 1. The first-order valence-corrected chi connectivity index (χ1v) is 8.80. The van der Waals surface area contributed by atoms with Crippen molar-refractivity contribution in [3.05, 3.63) is 59.7 Å². The molecule has 0 bridgehead atoms. The van der Waals surface area contributed by atoms with Gasteiger partial charge in [-0.05, 0) is 30.2 Å². The molecule has 27 heavy (non-hydrogen) atoms. The van der Waals surface area contributed by atoms with Crippen molar-refractivity contribution in [3.63, 3.8) is 0 Å². The molecular formula is C21H26N2O4. The van der Waals surface area contributed by atoms with Crippen molar-refractivity contribution in [1.29, 1.82) is 0 Å². The molecule has 144 valence electrons. The Hall–Kier alpha value is -3.02. The van der Waals surface area contributed by atoms with E-state index < -0.39 is 0 Å². The molecule has 6 nitrogen and oxygen atoms in total. The van der Waals surface area contributed by atoms with Gasteiger partial charge in [-0.2, -0.15) is 0 Å². The molecule has 0 aliphatic heterocycles. The summed E-state index contributed by atoms with van der Waals surface area (Å²) in [5, 5.41) is 2.86. The van der Waals surface area contributed by atoms with Gasteiger partial charge in [-0.15, -0.1) is 0 Å². The van der Waals surface area contributed by atoms with E-state index in [0.29, 0.717) is 25.3 Å². The zero-order valence-corrected chi connectivity index (χ0v) is 16.0. The van der Waals surface area contributed by atoms with Crippen molar-refractivity contribution in [1.82, 2.24) is 10.2 Å². The van der Waals surface area contributed by atoms with Crippen molar-refractivity contribution < 1.29 is 19.1 Å². The summed E-state index contributed by atoms with van der Waals surface area (Å²) in [6.45, 7) is 2.30. The van der Waals surface area contributed by atoms with Crippen molar-refractivity contribution in [2.24, 2.45) is 0 Å². The molecule has 0 spiro atoms. The number of rotatable bonds is 9. The fourth-order valence-corrected chi connectivity index (χ4v) is 2.69. The van der Waals surface area contributed by atoms with Crippen molar-refractivity contribution in [2.45, 2.75) is 19.9 Å². The molecule has 6 heteroatoms. The molecule has 2 amide bonds. The SMILES string of the molecule is COc1ccc(CCNC(=O)CN(Cc2ccccc2OC)C(C)=O)cc1. The van der Waals surface area contributed by atoms with Crippen LogP contribution in [0.2, 0.25) is 0 Å². The van der Waals surface area contributed by atoms with E-state index in [1.54, 1.807) is 14.2 Å². The average Bonchev–Trinajstić information content (AvgIpc) is 2.68. The predicted molar refractivity (Wildman–Crippen MR) is 104 cm³/mol. The lowest BCUT2D eigenvalue weighted by molar-refractivity contribution is -0.134. The van der Waals surface area contributed by atoms with Crippen LogP contribution in [0, 0.1) is 0 Å². The van der Waals surface area contributed by atoms with Gasteiger partial charge in [-0.25, -0.2) is 0 Å². The van der Waals surface area contributed by atoms with E-state index in [0.717, 1.165) is 16.9 Å². The number of methoxy groups -OCH3 is 2. The quantitative estimate of drug-likeness (QED) is 0.736. The summed E-state index contributed by atoms with van der Waals surface area (Å²) < 4.78 is 10.4. The molecule has 0 radical (unpaired) electrons. The predicted octanol–water partition coefficient (Wildman–Crippen LogP) is 2.41. The average molecular weight is 370 g/mol. The van der Waals surface area contributed by atoms with E-state index in [-0.39, 0.29) is 18.4 Å². The molecule has 0 aromatic heterocycles. The summed E-state index contributed by atoms with van der Waals surface area (Å²) >= 11 is 0. The van der Waals surface area contributed by atoms with E-state index >= 15 is 0 Å². The van der Waals surface area contributed by atoms with Crippen LogP contribution in [0.3, 0.4) is 0 Å². The molecule has 0 atom stereocenters. The van der Waals surface area contributed by atoms with E-state index in [9.17, 15) is 9.59 Å². The third kappa shape index (κ3) is 6.33. The number of carbonyl (C=O) groups is 2. The van der Waals surface area contributed by atoms with Gasteiger partial charge in [-0.1, -0.05) is 30.3 Å². The highest BCUT2D eigenvalue weighted by molar-refractivity contribution is 5.83. The van der Waals surface area contributed by atoms with Crippen molar-refractivity contribution >= 4 is 11.8 Å².